The molecule has 0 aliphatic rings. The van der Waals surface area contributed by atoms with Crippen LogP contribution in [0.5, 0.6) is 0 Å². The Morgan fingerprint density at radius 3 is 2.24 bits per heavy atom. The predicted octanol–water partition coefficient (Wildman–Crippen LogP) is 2.02. The fourth-order valence-electron chi connectivity index (χ4n) is 1.19. The van der Waals surface area contributed by atoms with Gasteiger partial charge in [0, 0.05) is 12.3 Å². The van der Waals surface area contributed by atoms with Gasteiger partial charge in [-0.1, -0.05) is 24.3 Å². The van der Waals surface area contributed by atoms with Crippen LogP contribution in [0.2, 0.25) is 0 Å². The summed E-state index contributed by atoms with van der Waals surface area (Å²) in [5.74, 6) is -1.83. The molecule has 2 aromatic rings. The number of para-hydroxylation sites is 1. The number of pyridine rings is 1. The van der Waals surface area contributed by atoms with Crippen molar-refractivity contribution >= 4 is 22.8 Å². The molecule has 17 heavy (non-hydrogen) atoms. The van der Waals surface area contributed by atoms with Gasteiger partial charge in [-0.25, -0.2) is 9.78 Å². The van der Waals surface area contributed by atoms with E-state index >= 15 is 0 Å². The van der Waals surface area contributed by atoms with Crippen LogP contribution in [0, 0.1) is 0 Å². The Morgan fingerprint density at radius 2 is 1.65 bits per heavy atom. The molecule has 0 aliphatic heterocycles. The van der Waals surface area contributed by atoms with Crippen molar-refractivity contribution in [3.8, 4) is 0 Å². The van der Waals surface area contributed by atoms with Crippen LogP contribution >= 0.6 is 0 Å². The van der Waals surface area contributed by atoms with Crippen molar-refractivity contribution in [2.45, 2.75) is 6.92 Å². The molecule has 0 amide bonds. The Bertz CT molecular complexity index is 547. The number of benzene rings is 1. The molecule has 0 aliphatic carbocycles. The minimum absolute atomic E-state index is 0.0821. The second kappa shape index (κ2) is 5.60. The van der Waals surface area contributed by atoms with Crippen molar-refractivity contribution < 1.29 is 19.8 Å². The van der Waals surface area contributed by atoms with Crippen molar-refractivity contribution in [2.24, 2.45) is 0 Å². The second-order valence-corrected chi connectivity index (χ2v) is 3.21. The van der Waals surface area contributed by atoms with Crippen LogP contribution in [0.3, 0.4) is 0 Å². The summed E-state index contributed by atoms with van der Waals surface area (Å²) in [5, 5.41) is 17.0. The number of aliphatic carboxylic acids is 1. The topological polar surface area (TPSA) is 87.5 Å². The van der Waals surface area contributed by atoms with E-state index in [2.05, 4.69) is 4.98 Å². The highest BCUT2D eigenvalue weighted by Gasteiger charge is 2.03. The van der Waals surface area contributed by atoms with Gasteiger partial charge in [-0.15, -0.1) is 0 Å². The van der Waals surface area contributed by atoms with Crippen molar-refractivity contribution in [3.63, 3.8) is 0 Å². The molecule has 1 aromatic carbocycles. The van der Waals surface area contributed by atoms with E-state index in [4.69, 9.17) is 15.0 Å². The molecular weight excluding hydrogens is 222 g/mol. The molecule has 0 atom stereocenters. The second-order valence-electron chi connectivity index (χ2n) is 3.21. The fraction of sp³-hybridized carbons (Fsp3) is 0.0833. The third kappa shape index (κ3) is 3.90. The van der Waals surface area contributed by atoms with E-state index in [0.717, 1.165) is 12.3 Å². The van der Waals surface area contributed by atoms with E-state index in [-0.39, 0.29) is 5.69 Å². The smallest absolute Gasteiger partial charge is 0.354 e. The van der Waals surface area contributed by atoms with Gasteiger partial charge in [0.15, 0.2) is 0 Å². The number of fused-ring (bicyclic) bond motifs is 1. The highest BCUT2D eigenvalue weighted by Crippen LogP contribution is 2.11. The largest absolute Gasteiger partial charge is 0.481 e. The molecule has 88 valence electrons. The predicted molar refractivity (Wildman–Crippen MR) is 62.0 cm³/mol. The Kier molecular flexibility index (Phi) is 4.16. The van der Waals surface area contributed by atoms with Gasteiger partial charge in [-0.05, 0) is 12.1 Å². The van der Waals surface area contributed by atoms with E-state index in [9.17, 15) is 4.79 Å². The van der Waals surface area contributed by atoms with Gasteiger partial charge >= 0.3 is 5.97 Å². The van der Waals surface area contributed by atoms with Crippen molar-refractivity contribution in [3.05, 3.63) is 42.1 Å². The van der Waals surface area contributed by atoms with E-state index in [0.29, 0.717) is 5.52 Å². The van der Waals surface area contributed by atoms with Crippen molar-refractivity contribution in [2.75, 3.05) is 0 Å². The first-order valence-corrected chi connectivity index (χ1v) is 4.79. The standard InChI is InChI=1S/C10H7NO2.C2H4O2/c12-10(13)9-6-5-7-3-1-2-4-8(7)11-9;1-2(3)4/h1-6H,(H,12,13);1H3,(H,3,4). The van der Waals surface area contributed by atoms with Gasteiger partial charge in [-0.3, -0.25) is 4.79 Å². The van der Waals surface area contributed by atoms with Crippen LogP contribution in [0.4, 0.5) is 0 Å². The Morgan fingerprint density at radius 1 is 1.06 bits per heavy atom. The fourth-order valence-corrected chi connectivity index (χ4v) is 1.19. The molecule has 1 aromatic heterocycles. The summed E-state index contributed by atoms with van der Waals surface area (Å²) in [4.78, 5) is 23.6. The number of carboxylic acids is 2. The van der Waals surface area contributed by atoms with Crippen LogP contribution < -0.4 is 0 Å². The third-order valence-corrected chi connectivity index (χ3v) is 1.82. The molecule has 2 N–H and O–H groups in total. The lowest BCUT2D eigenvalue weighted by molar-refractivity contribution is -0.134. The molecule has 2 rings (SSSR count). The van der Waals surface area contributed by atoms with Crippen molar-refractivity contribution in [1.29, 1.82) is 0 Å². The number of aromatic nitrogens is 1. The first kappa shape index (κ1) is 12.6. The molecular formula is C12H11NO4. The molecule has 5 heteroatoms. The summed E-state index contributed by atoms with van der Waals surface area (Å²) in [5.41, 5.74) is 0.793. The van der Waals surface area contributed by atoms with Crippen LogP contribution in [0.1, 0.15) is 17.4 Å². The average molecular weight is 233 g/mol. The lowest BCUT2D eigenvalue weighted by Crippen LogP contribution is -1.99. The van der Waals surface area contributed by atoms with Crippen LogP contribution in [0.15, 0.2) is 36.4 Å². The maximum atomic E-state index is 10.6. The number of aromatic carboxylic acids is 1. The quantitative estimate of drug-likeness (QED) is 0.786. The highest BCUT2D eigenvalue weighted by atomic mass is 16.4. The molecule has 0 saturated carbocycles. The molecule has 1 heterocycles. The van der Waals surface area contributed by atoms with Crippen LogP contribution in [-0.2, 0) is 4.79 Å². The SMILES string of the molecule is CC(=O)O.O=C(O)c1ccc2ccccc2n1. The number of carbonyl (C=O) groups is 2. The van der Waals surface area contributed by atoms with Gasteiger partial charge in [0.2, 0.25) is 0 Å². The summed E-state index contributed by atoms with van der Waals surface area (Å²) < 4.78 is 0. The zero-order valence-corrected chi connectivity index (χ0v) is 9.12. The number of rotatable bonds is 1. The zero-order valence-electron chi connectivity index (χ0n) is 9.12. The minimum Gasteiger partial charge on any atom is -0.481 e. The van der Waals surface area contributed by atoms with E-state index in [1.807, 2.05) is 18.2 Å². The normalized spacial score (nSPS) is 9.24. The maximum absolute atomic E-state index is 10.6. The Labute approximate surface area is 97.3 Å². The van der Waals surface area contributed by atoms with E-state index < -0.39 is 11.9 Å². The molecule has 0 spiro atoms. The monoisotopic (exact) mass is 233 g/mol. The molecule has 0 radical (unpaired) electrons. The average Bonchev–Trinajstić information content (AvgIpc) is 2.27. The number of hydrogen-bond acceptors (Lipinski definition) is 3. The summed E-state index contributed by atoms with van der Waals surface area (Å²) in [6.07, 6.45) is 0. The lowest BCUT2D eigenvalue weighted by Gasteiger charge is -1.97. The van der Waals surface area contributed by atoms with Gasteiger partial charge in [0.25, 0.3) is 5.97 Å². The Balaban J connectivity index is 0.000000317. The van der Waals surface area contributed by atoms with Gasteiger partial charge in [-0.2, -0.15) is 0 Å². The number of hydrogen-bond donors (Lipinski definition) is 2. The molecule has 0 saturated heterocycles. The number of nitrogens with zero attached hydrogens (tertiary/aromatic N) is 1. The van der Waals surface area contributed by atoms with E-state index in [1.54, 1.807) is 12.1 Å². The molecule has 0 bridgehead atoms. The Hall–Kier alpha value is -2.43. The lowest BCUT2D eigenvalue weighted by atomic mass is 10.2. The molecule has 0 unspecified atom stereocenters. The van der Waals surface area contributed by atoms with E-state index in [1.165, 1.54) is 6.07 Å². The minimum atomic E-state index is -0.995. The van der Waals surface area contributed by atoms with Crippen molar-refractivity contribution in [1.82, 2.24) is 4.98 Å². The van der Waals surface area contributed by atoms with Crippen LogP contribution in [-0.4, -0.2) is 27.1 Å². The van der Waals surface area contributed by atoms with Gasteiger partial charge in [0.05, 0.1) is 5.52 Å². The summed E-state index contributed by atoms with van der Waals surface area (Å²) in [6.45, 7) is 1.08. The summed E-state index contributed by atoms with van der Waals surface area (Å²) >= 11 is 0. The first-order valence-electron chi connectivity index (χ1n) is 4.79. The summed E-state index contributed by atoms with van der Waals surface area (Å²) in [6, 6.07) is 10.7. The summed E-state index contributed by atoms with van der Waals surface area (Å²) in [7, 11) is 0. The first-order chi connectivity index (χ1) is 8.00. The molecule has 5 nitrogen and oxygen atoms in total. The van der Waals surface area contributed by atoms with Gasteiger partial charge < -0.3 is 10.2 Å². The third-order valence-electron chi connectivity index (χ3n) is 1.82. The zero-order chi connectivity index (χ0) is 12.8. The number of carboxylic acid groups (broad SMARTS) is 2. The maximum Gasteiger partial charge on any atom is 0.354 e. The highest BCUT2D eigenvalue weighted by molar-refractivity contribution is 5.89. The van der Waals surface area contributed by atoms with Gasteiger partial charge in [0.1, 0.15) is 5.69 Å². The van der Waals surface area contributed by atoms with Crippen LogP contribution in [0.25, 0.3) is 10.9 Å². The molecule has 0 fully saturated rings.